The van der Waals surface area contributed by atoms with Crippen molar-refractivity contribution in [2.75, 3.05) is 173 Å². The Balaban J connectivity index is 8.65. The van der Waals surface area contributed by atoms with Crippen LogP contribution < -0.4 is 0 Å². The number of aliphatic hydroxyl groups is 16. The Morgan fingerprint density at radius 3 is 0.729 bits per heavy atom. The van der Waals surface area contributed by atoms with Gasteiger partial charge in [-0.3, -0.25) is 4.55 Å². The predicted molar refractivity (Wildman–Crippen MR) is 385 cm³/mol. The van der Waals surface area contributed by atoms with Gasteiger partial charge >= 0.3 is 10.4 Å². The molecule has 17 N–H and O–H groups in total. The molecule has 0 rings (SSSR count). The fourth-order valence-electron chi connectivity index (χ4n) is 7.82. The second-order valence-corrected chi connectivity index (χ2v) is 39.4. The third-order valence-electron chi connectivity index (χ3n) is 11.6. The van der Waals surface area contributed by atoms with Crippen molar-refractivity contribution in [3.05, 3.63) is 0 Å². The first-order valence-electron chi connectivity index (χ1n) is 27.3. The lowest BCUT2D eigenvalue weighted by Gasteiger charge is -2.57. The maximum absolute atomic E-state index is 13.3. The summed E-state index contributed by atoms with van der Waals surface area (Å²) in [4.78, 5) is 0. The van der Waals surface area contributed by atoms with Crippen LogP contribution in [0.15, 0.2) is 0 Å². The Morgan fingerprint density at radius 2 is 0.494 bits per heavy atom. The fourth-order valence-corrected chi connectivity index (χ4v) is 27.1. The Morgan fingerprint density at radius 1 is 0.282 bits per heavy atom. The molecule has 0 aliphatic rings. The minimum Gasteiger partial charge on any atom is -0.367 e. The van der Waals surface area contributed by atoms with E-state index < -0.39 is 74.5 Å². The minimum absolute atomic E-state index is 0.0440. The van der Waals surface area contributed by atoms with E-state index in [1.807, 2.05) is 0 Å². The smallest absolute Gasteiger partial charge is 0.367 e. The summed E-state index contributed by atoms with van der Waals surface area (Å²) in [6.07, 6.45) is -7.61. The largest absolute Gasteiger partial charge is 0.397 e. The molecular formula is C48H98O20S17. The predicted octanol–water partition coefficient (Wildman–Crippen LogP) is 3.34. The third kappa shape index (κ3) is 50.8. The van der Waals surface area contributed by atoms with Gasteiger partial charge < -0.3 is 81.7 Å². The van der Waals surface area contributed by atoms with Gasteiger partial charge in [-0.25, -0.2) is 4.18 Å². The summed E-state index contributed by atoms with van der Waals surface area (Å²) >= 11 is 24.4. The van der Waals surface area contributed by atoms with Crippen molar-refractivity contribution in [1.29, 1.82) is 0 Å². The highest BCUT2D eigenvalue weighted by Gasteiger charge is 2.59. The van der Waals surface area contributed by atoms with Crippen LogP contribution in [0.2, 0.25) is 0 Å². The summed E-state index contributed by atoms with van der Waals surface area (Å²) < 4.78 is 36.2. The summed E-state index contributed by atoms with van der Waals surface area (Å²) in [6.45, 7) is -0.371. The summed E-state index contributed by atoms with van der Waals surface area (Å²) in [5, 5.41) is 161. The molecule has 0 aliphatic heterocycles. The van der Waals surface area contributed by atoms with Crippen LogP contribution in [-0.4, -0.2) is 332 Å². The molecule has 0 aromatic rings. The fraction of sp³-hybridized carbons (Fsp3) is 1.00. The van der Waals surface area contributed by atoms with E-state index in [9.17, 15) is 94.7 Å². The second-order valence-electron chi connectivity index (χ2n) is 18.4. The van der Waals surface area contributed by atoms with E-state index in [-0.39, 0.29) is 59.1 Å². The first kappa shape index (κ1) is 89.8. The van der Waals surface area contributed by atoms with Crippen LogP contribution in [0.4, 0.5) is 0 Å². The molecule has 0 heterocycles. The number of rotatable bonds is 65. The van der Waals surface area contributed by atoms with Gasteiger partial charge in [-0.1, -0.05) is 0 Å². The number of hydrogen-bond donors (Lipinski definition) is 17. The maximum Gasteiger partial charge on any atom is 0.397 e. The quantitative estimate of drug-likeness (QED) is 0.0236. The zero-order valence-electron chi connectivity index (χ0n) is 48.0. The third-order valence-corrected chi connectivity index (χ3v) is 32.1. The topological polar surface area (TPSA) is 387 Å². The molecule has 0 saturated carbocycles. The van der Waals surface area contributed by atoms with Gasteiger partial charge in [0.15, 0.2) is 49.8 Å². The zero-order chi connectivity index (χ0) is 63.7. The molecule has 0 amide bonds. The summed E-state index contributed by atoms with van der Waals surface area (Å²) in [7, 11) is -4.85. The molecule has 0 atom stereocenters. The number of hydrogen-bond acceptors (Lipinski definition) is 35. The van der Waals surface area contributed by atoms with Gasteiger partial charge in [-0.2, -0.15) is 185 Å². The Kier molecular flexibility index (Phi) is 60.0. The van der Waals surface area contributed by atoms with Gasteiger partial charge in [0.05, 0.1) is 11.4 Å². The second kappa shape index (κ2) is 56.8. The van der Waals surface area contributed by atoms with E-state index in [2.05, 4.69) is 0 Å². The Labute approximate surface area is 574 Å². The van der Waals surface area contributed by atoms with Crippen LogP contribution in [0.1, 0.15) is 44.9 Å². The first-order chi connectivity index (χ1) is 40.3. The van der Waals surface area contributed by atoms with Crippen molar-refractivity contribution >= 4 is 199 Å². The highest BCUT2D eigenvalue weighted by atomic mass is 32.3. The van der Waals surface area contributed by atoms with Crippen molar-refractivity contribution in [2.24, 2.45) is 0 Å². The van der Waals surface area contributed by atoms with E-state index in [4.69, 9.17) is 4.18 Å². The van der Waals surface area contributed by atoms with Crippen LogP contribution >= 0.6 is 188 Å². The van der Waals surface area contributed by atoms with E-state index in [1.54, 1.807) is 94.1 Å². The van der Waals surface area contributed by atoms with Crippen LogP contribution in [-0.2, 0) is 14.6 Å². The van der Waals surface area contributed by atoms with Crippen molar-refractivity contribution in [1.82, 2.24) is 0 Å². The molecule has 0 radical (unpaired) electrons. The normalized spacial score (nSPS) is 13.3. The molecule has 0 saturated heterocycles. The molecule has 0 aromatic carbocycles. The molecule has 0 aliphatic carbocycles. The van der Waals surface area contributed by atoms with Crippen LogP contribution in [0.25, 0.3) is 0 Å². The molecule has 0 aromatic heterocycles. The maximum atomic E-state index is 13.3. The molecule has 85 heavy (non-hydrogen) atoms. The van der Waals surface area contributed by atoms with E-state index in [1.165, 1.54) is 94.1 Å². The van der Waals surface area contributed by atoms with Crippen molar-refractivity contribution in [3.63, 3.8) is 0 Å². The Bertz CT molecular complexity index is 1560. The highest BCUT2D eigenvalue weighted by Crippen LogP contribution is 2.62. The minimum atomic E-state index is -4.85. The number of aliphatic hydroxyl groups excluding tert-OH is 7. The van der Waals surface area contributed by atoms with Crippen LogP contribution in [0, 0.1) is 0 Å². The van der Waals surface area contributed by atoms with Gasteiger partial charge in [0.25, 0.3) is 0 Å². The van der Waals surface area contributed by atoms with Gasteiger partial charge in [0, 0.05) is 142 Å². The summed E-state index contributed by atoms with van der Waals surface area (Å²) in [5.74, 6) is 11.1. The zero-order valence-corrected chi connectivity index (χ0v) is 61.9. The number of thioether (sulfide) groups is 16. The molecule has 20 nitrogen and oxygen atoms in total. The van der Waals surface area contributed by atoms with Crippen LogP contribution in [0.3, 0.4) is 0 Å². The van der Waals surface area contributed by atoms with Gasteiger partial charge in [-0.15, -0.1) is 11.8 Å². The van der Waals surface area contributed by atoms with Crippen molar-refractivity contribution in [3.8, 4) is 0 Å². The average Bonchev–Trinajstić information content (AvgIpc) is 0.979. The molecule has 512 valence electrons. The monoisotopic (exact) mass is 1540 g/mol. The standard InChI is InChI=1S/C48H98O20S17/c49-38(50)31-76-24-17-69-9-1-45(83-16-8-68-85(65,66)67,2-10-70-18-25-77-32-39(51)52)46(3-11-71-19-26-78-33-40(53)54,4-12-72-20-27-79-34-41(55)56)84-47(5-13-73-21-28-80-35-42(57)58,6-14-74-22-29-81-36-43(59)60)48(63,64)7-15-75-23-30-82-37-44(61)62/h38-44,49-64H,1-37H2,(H,65,66,67). The molecule has 0 spiro atoms. The highest BCUT2D eigenvalue weighted by molar-refractivity contribution is 8.07. The van der Waals surface area contributed by atoms with E-state index in [0.29, 0.717) is 159 Å². The summed E-state index contributed by atoms with van der Waals surface area (Å²) in [6, 6.07) is 0. The molecule has 37 heteroatoms. The Hall–Kier alpha value is 4.83. The van der Waals surface area contributed by atoms with Gasteiger partial charge in [0.1, 0.15) is 0 Å². The van der Waals surface area contributed by atoms with Crippen molar-refractivity contribution < 1.29 is 98.9 Å². The van der Waals surface area contributed by atoms with Gasteiger partial charge in [-0.05, 0) is 78.8 Å². The molecule has 0 fully saturated rings. The van der Waals surface area contributed by atoms with Gasteiger partial charge in [0.2, 0.25) is 0 Å². The average molecular weight is 1540 g/mol. The van der Waals surface area contributed by atoms with Crippen LogP contribution in [0.5, 0.6) is 0 Å². The molecule has 0 unspecified atom stereocenters. The first-order valence-corrected chi connectivity index (χ1v) is 46.7. The molecular weight excluding hydrogens is 1440 g/mol. The van der Waals surface area contributed by atoms with E-state index >= 15 is 0 Å². The lowest BCUT2D eigenvalue weighted by Crippen LogP contribution is -2.60. The van der Waals surface area contributed by atoms with Crippen molar-refractivity contribution in [2.45, 2.75) is 109 Å². The summed E-state index contributed by atoms with van der Waals surface area (Å²) in [5.41, 5.74) is 0. The lowest BCUT2D eigenvalue weighted by atomic mass is 9.81. The van der Waals surface area contributed by atoms with E-state index in [0.717, 1.165) is 0 Å². The SMILES string of the molecule is O=S(=O)(O)OCCSC(CCSCCSCC(O)O)(CCSCCSCC(O)O)C(CCSCCSCC(O)O)(CCSCCSCC(O)O)SC(CCSCCSCC(O)O)(CCSCCSCC(O)O)C(O)(O)CCSCCSCC(O)O. The lowest BCUT2D eigenvalue weighted by molar-refractivity contribution is -0.188. The molecule has 0 bridgehead atoms.